The second-order valence-corrected chi connectivity index (χ2v) is 12.6. The van der Waals surface area contributed by atoms with Gasteiger partial charge in [-0.3, -0.25) is 9.09 Å². The molecule has 1 aliphatic rings. The number of aromatic nitrogens is 2. The molecule has 1 fully saturated rings. The van der Waals surface area contributed by atoms with E-state index in [1.54, 1.807) is 0 Å². The lowest BCUT2D eigenvalue weighted by atomic mass is 9.96. The maximum Gasteiger partial charge on any atom is 0.478 e. The van der Waals surface area contributed by atoms with Gasteiger partial charge in [-0.2, -0.15) is 13.8 Å². The lowest BCUT2D eigenvalue weighted by molar-refractivity contribution is -0.192. The molecule has 0 amide bonds. The molecule has 0 bridgehead atoms. The summed E-state index contributed by atoms with van der Waals surface area (Å²) in [6.07, 6.45) is -9.39. The first-order chi connectivity index (χ1) is 20.2. The molecule has 0 radical (unpaired) electrons. The van der Waals surface area contributed by atoms with E-state index in [9.17, 15) is 23.2 Å². The highest BCUT2D eigenvalue weighted by molar-refractivity contribution is 8.52. The molecule has 1 aromatic heterocycles. The van der Waals surface area contributed by atoms with Gasteiger partial charge in [0.25, 0.3) is 6.43 Å². The van der Waals surface area contributed by atoms with Gasteiger partial charge in [0, 0.05) is 6.20 Å². The zero-order chi connectivity index (χ0) is 31.6. The predicted molar refractivity (Wildman–Crippen MR) is 146 cm³/mol. The number of methoxy groups -OCH3 is 2. The van der Waals surface area contributed by atoms with Crippen molar-refractivity contribution < 1.29 is 54.7 Å². The van der Waals surface area contributed by atoms with E-state index in [-0.39, 0.29) is 27.7 Å². The molecule has 4 atom stereocenters. The second kappa shape index (κ2) is 12.8. The van der Waals surface area contributed by atoms with Crippen molar-refractivity contribution in [1.82, 2.24) is 9.55 Å². The summed E-state index contributed by atoms with van der Waals surface area (Å²) < 4.78 is 104. The van der Waals surface area contributed by atoms with Gasteiger partial charge in [-0.15, -0.1) is 0 Å². The van der Waals surface area contributed by atoms with Crippen molar-refractivity contribution in [3.63, 3.8) is 0 Å². The molecule has 2 heterocycles. The number of aliphatic hydroxyl groups is 1. The highest BCUT2D eigenvalue weighted by Crippen LogP contribution is 2.62. The van der Waals surface area contributed by atoms with Crippen LogP contribution in [0.15, 0.2) is 59.5 Å². The molecule has 3 N–H and O–H groups in total. The number of anilines is 1. The number of nitrogen functional groups attached to an aromatic ring is 1. The average molecular weight is 672 g/mol. The Kier molecular flexibility index (Phi) is 9.73. The maximum absolute atomic E-state index is 15.2. The normalized spacial score (nSPS) is 22.6. The Bertz CT molecular complexity index is 1540. The number of aliphatic hydroxyl groups excluding tert-OH is 1. The molecule has 0 saturated carbocycles. The number of halogens is 5. The minimum atomic E-state index is -4.73. The summed E-state index contributed by atoms with van der Waals surface area (Å²) in [5, 5.41) is 9.99. The molecule has 1 unspecified atom stereocenters. The standard InChI is InChI=1S/C24H23ClF4N3O9PS/c1-36-13-3-7-15(8-4-13)40-42(35,43-41-16-9-5-14(37-2)6-10-16)38-12-23(20(26)27)19(33)24(28,29)21(39-23)32-11-17(25)18(30)31-22(32)34/h3-11,19-21,33H,12H2,1-2H3,(H2,30,31,34)/t19-,21-,23-,42?/m1/s1. The van der Waals surface area contributed by atoms with Gasteiger partial charge >= 0.3 is 18.4 Å². The summed E-state index contributed by atoms with van der Waals surface area (Å²) in [6, 6.07) is 11.3. The van der Waals surface area contributed by atoms with Crippen LogP contribution >= 0.6 is 30.1 Å². The minimum absolute atomic E-state index is 0.0662. The molecule has 43 heavy (non-hydrogen) atoms. The van der Waals surface area contributed by atoms with Crippen molar-refractivity contribution >= 4 is 35.9 Å². The van der Waals surface area contributed by atoms with E-state index in [0.717, 1.165) is 0 Å². The lowest BCUT2D eigenvalue weighted by Gasteiger charge is -2.31. The number of hydrogen-bond acceptors (Lipinski definition) is 12. The highest BCUT2D eigenvalue weighted by atomic mass is 35.5. The van der Waals surface area contributed by atoms with Crippen molar-refractivity contribution in [2.24, 2.45) is 0 Å². The van der Waals surface area contributed by atoms with E-state index in [2.05, 4.69) is 4.98 Å². The third kappa shape index (κ3) is 6.81. The fourth-order valence-electron chi connectivity index (χ4n) is 3.75. The van der Waals surface area contributed by atoms with Crippen molar-refractivity contribution in [2.45, 2.75) is 30.3 Å². The van der Waals surface area contributed by atoms with Gasteiger partial charge in [0.15, 0.2) is 23.4 Å². The van der Waals surface area contributed by atoms with Gasteiger partial charge in [-0.1, -0.05) is 11.6 Å². The maximum atomic E-state index is 15.2. The third-order valence-electron chi connectivity index (χ3n) is 6.05. The van der Waals surface area contributed by atoms with E-state index in [1.807, 2.05) is 0 Å². The van der Waals surface area contributed by atoms with Gasteiger partial charge in [0.1, 0.15) is 28.8 Å². The van der Waals surface area contributed by atoms with Gasteiger partial charge in [-0.05, 0) is 48.5 Å². The molecule has 4 rings (SSSR count). The molecule has 3 aromatic rings. The molecule has 19 heteroatoms. The quantitative estimate of drug-likeness (QED) is 0.152. The van der Waals surface area contributed by atoms with Crippen LogP contribution in [0.2, 0.25) is 5.02 Å². The summed E-state index contributed by atoms with van der Waals surface area (Å²) in [4.78, 5) is 15.5. The largest absolute Gasteiger partial charge is 0.497 e. The molecular weight excluding hydrogens is 649 g/mol. The second-order valence-electron chi connectivity index (χ2n) is 8.79. The molecular formula is C24H23ClF4N3O9PS. The Morgan fingerprint density at radius 2 is 1.63 bits per heavy atom. The van der Waals surface area contributed by atoms with Crippen LogP contribution in [0, 0.1) is 0 Å². The van der Waals surface area contributed by atoms with Crippen molar-refractivity contribution in [3.8, 4) is 23.0 Å². The van der Waals surface area contributed by atoms with Gasteiger partial charge in [0.2, 0.25) is 6.23 Å². The third-order valence-corrected chi connectivity index (χ3v) is 8.98. The Morgan fingerprint density at radius 3 is 2.16 bits per heavy atom. The number of alkyl halides is 4. The molecule has 234 valence electrons. The topological polar surface area (TPSA) is 154 Å². The first kappa shape index (κ1) is 32.7. The smallest absolute Gasteiger partial charge is 0.478 e. The summed E-state index contributed by atoms with van der Waals surface area (Å²) in [5.74, 6) is -4.19. The lowest BCUT2D eigenvalue weighted by Crippen LogP contribution is -2.54. The SMILES string of the molecule is COc1ccc(OSP(=O)(OC[C@@]2(C(F)F)O[C@@H](n3cc(Cl)c(N)nc3=O)C(F)(F)[C@@H]2O)Oc2ccc(OC)cc2)cc1. The number of ether oxygens (including phenoxy) is 3. The van der Waals surface area contributed by atoms with Crippen LogP contribution in [0.25, 0.3) is 0 Å². The fraction of sp³-hybridized carbons (Fsp3) is 0.333. The van der Waals surface area contributed by atoms with E-state index < -0.39 is 60.2 Å². The molecule has 0 spiro atoms. The number of nitrogens with two attached hydrogens (primary N) is 1. The molecule has 1 saturated heterocycles. The molecule has 1 aliphatic heterocycles. The van der Waals surface area contributed by atoms with Crippen molar-refractivity contribution in [3.05, 3.63) is 70.2 Å². The average Bonchev–Trinajstić information content (AvgIpc) is 3.19. The molecule has 12 nitrogen and oxygen atoms in total. The van der Waals surface area contributed by atoms with Crippen LogP contribution in [0.1, 0.15) is 6.23 Å². The highest BCUT2D eigenvalue weighted by Gasteiger charge is 2.71. The minimum Gasteiger partial charge on any atom is -0.497 e. The predicted octanol–water partition coefficient (Wildman–Crippen LogP) is 4.96. The van der Waals surface area contributed by atoms with Gasteiger partial charge in [0.05, 0.1) is 25.8 Å². The van der Waals surface area contributed by atoms with Gasteiger partial charge < -0.3 is 33.8 Å². The first-order valence-corrected chi connectivity index (χ1v) is 15.2. The Labute approximate surface area is 250 Å². The van der Waals surface area contributed by atoms with E-state index in [0.29, 0.717) is 17.7 Å². The monoisotopic (exact) mass is 671 g/mol. The Hall–Kier alpha value is -3.21. The van der Waals surface area contributed by atoms with Gasteiger partial charge in [-0.25, -0.2) is 18.1 Å². The number of benzene rings is 2. The van der Waals surface area contributed by atoms with Crippen LogP contribution in [-0.2, 0) is 13.8 Å². The fourth-order valence-corrected chi connectivity index (χ4v) is 6.23. The van der Waals surface area contributed by atoms with Crippen LogP contribution in [0.5, 0.6) is 23.0 Å². The van der Waals surface area contributed by atoms with Crippen LogP contribution in [0.3, 0.4) is 0 Å². The van der Waals surface area contributed by atoms with Crippen LogP contribution < -0.4 is 29.6 Å². The van der Waals surface area contributed by atoms with E-state index >= 15 is 8.78 Å². The Morgan fingerprint density at radius 1 is 1.09 bits per heavy atom. The summed E-state index contributed by atoms with van der Waals surface area (Å²) in [6.45, 7) is -6.35. The molecule has 2 aromatic carbocycles. The zero-order valence-corrected chi connectivity index (χ0v) is 24.5. The van der Waals surface area contributed by atoms with Crippen LogP contribution in [0.4, 0.5) is 23.4 Å². The van der Waals surface area contributed by atoms with Crippen molar-refractivity contribution in [2.75, 3.05) is 26.6 Å². The van der Waals surface area contributed by atoms with E-state index in [4.69, 9.17) is 44.8 Å². The number of nitrogens with zero attached hydrogens (tertiary/aromatic N) is 2. The number of rotatable bonds is 12. The summed E-state index contributed by atoms with van der Waals surface area (Å²) >= 11 is 5.84. The van der Waals surface area contributed by atoms with Crippen LogP contribution in [-0.4, -0.2) is 59.5 Å². The first-order valence-electron chi connectivity index (χ1n) is 11.9. The summed E-state index contributed by atoms with van der Waals surface area (Å²) in [7, 11) is 2.82. The number of hydrogen-bond donors (Lipinski definition) is 2. The zero-order valence-electron chi connectivity index (χ0n) is 22.1. The van der Waals surface area contributed by atoms with E-state index in [1.165, 1.54) is 62.8 Å². The van der Waals surface area contributed by atoms with Crippen molar-refractivity contribution in [1.29, 1.82) is 0 Å². The molecule has 0 aliphatic carbocycles. The summed E-state index contributed by atoms with van der Waals surface area (Å²) in [5.41, 5.74) is 0.443. The Balaban J connectivity index is 1.64.